The topological polar surface area (TPSA) is 112 Å². The van der Waals surface area contributed by atoms with Crippen LogP contribution in [0, 0.1) is 0 Å². The minimum absolute atomic E-state index is 0.00469. The van der Waals surface area contributed by atoms with E-state index >= 15 is 0 Å². The van der Waals surface area contributed by atoms with Gasteiger partial charge in [-0.1, -0.05) is 23.9 Å². The van der Waals surface area contributed by atoms with Crippen LogP contribution in [0.3, 0.4) is 0 Å². The van der Waals surface area contributed by atoms with Gasteiger partial charge in [-0.3, -0.25) is 4.79 Å². The molecule has 2 aromatic rings. The highest BCUT2D eigenvalue weighted by Crippen LogP contribution is 2.36. The molecule has 2 aliphatic heterocycles. The van der Waals surface area contributed by atoms with Crippen molar-refractivity contribution in [2.45, 2.75) is 35.9 Å². The zero-order valence-corrected chi connectivity index (χ0v) is 17.7. The molecule has 0 aliphatic carbocycles. The lowest BCUT2D eigenvalue weighted by Crippen LogP contribution is -2.40. The summed E-state index contributed by atoms with van der Waals surface area (Å²) in [5.74, 6) is 1.87. The molecule has 3 heterocycles. The lowest BCUT2D eigenvalue weighted by Gasteiger charge is -2.25. The van der Waals surface area contributed by atoms with Crippen molar-refractivity contribution in [1.29, 1.82) is 0 Å². The van der Waals surface area contributed by atoms with Crippen LogP contribution >= 0.6 is 11.8 Å². The number of sulfone groups is 1. The number of amides is 1. The first-order valence-corrected chi connectivity index (χ1v) is 12.0. The van der Waals surface area contributed by atoms with E-state index in [0.29, 0.717) is 35.5 Å². The van der Waals surface area contributed by atoms with Gasteiger partial charge in [-0.25, -0.2) is 8.42 Å². The molecule has 1 saturated heterocycles. The van der Waals surface area contributed by atoms with Crippen LogP contribution in [0.15, 0.2) is 29.4 Å². The Kier molecular flexibility index (Phi) is 5.43. The molecule has 0 saturated carbocycles. The molecule has 3 atom stereocenters. The maximum atomic E-state index is 12.4. The molecule has 2 aliphatic rings. The highest BCUT2D eigenvalue weighted by Gasteiger charge is 2.31. The number of thioether (sulfide) groups is 1. The van der Waals surface area contributed by atoms with Gasteiger partial charge in [0.25, 0.3) is 0 Å². The Labute approximate surface area is 173 Å². The van der Waals surface area contributed by atoms with Gasteiger partial charge in [0, 0.05) is 13.1 Å². The second kappa shape index (κ2) is 7.86. The van der Waals surface area contributed by atoms with E-state index in [1.54, 1.807) is 11.5 Å². The number of nitrogens with one attached hydrogen (secondary N) is 1. The molecule has 9 nitrogen and oxygen atoms in total. The number of fused-ring (bicyclic) bond motifs is 1. The summed E-state index contributed by atoms with van der Waals surface area (Å²) in [7, 11) is -1.22. The molecular weight excluding hydrogens is 416 g/mol. The maximum Gasteiger partial charge on any atom is 0.233 e. The number of rotatable bonds is 5. The molecule has 1 fully saturated rings. The second-order valence-corrected chi connectivity index (χ2v) is 10.7. The molecule has 3 unspecified atom stereocenters. The van der Waals surface area contributed by atoms with E-state index in [4.69, 9.17) is 9.47 Å². The molecule has 4 rings (SSSR count). The number of carbonyl (C=O) groups excluding carboxylic acids is 1. The summed E-state index contributed by atoms with van der Waals surface area (Å²) < 4.78 is 36.6. The standard InChI is InChI=1S/C18H22N4O5S2/c1-11(17(23)19-12-7-8-29(24,25)10-12)28-18-21-20-16(22(18)2)15-9-26-13-5-3-4-6-14(13)27-15/h3-6,11-12,15H,7-10H2,1-2H3,(H,19,23). The Morgan fingerprint density at radius 3 is 2.79 bits per heavy atom. The van der Waals surface area contributed by atoms with Gasteiger partial charge >= 0.3 is 0 Å². The fourth-order valence-electron chi connectivity index (χ4n) is 3.29. The molecule has 1 aromatic heterocycles. The summed E-state index contributed by atoms with van der Waals surface area (Å²) in [6, 6.07) is 7.12. The largest absolute Gasteiger partial charge is 0.485 e. The predicted octanol–water partition coefficient (Wildman–Crippen LogP) is 1.11. The van der Waals surface area contributed by atoms with Crippen LogP contribution in [0.4, 0.5) is 0 Å². The van der Waals surface area contributed by atoms with Gasteiger partial charge in [0.15, 0.2) is 38.4 Å². The number of carbonyl (C=O) groups is 1. The summed E-state index contributed by atoms with van der Waals surface area (Å²) in [6.45, 7) is 2.08. The van der Waals surface area contributed by atoms with Crippen molar-refractivity contribution in [3.8, 4) is 11.5 Å². The van der Waals surface area contributed by atoms with Crippen LogP contribution in [0.1, 0.15) is 25.3 Å². The zero-order valence-electron chi connectivity index (χ0n) is 16.1. The van der Waals surface area contributed by atoms with Gasteiger partial charge in [-0.2, -0.15) is 0 Å². The molecule has 1 aromatic carbocycles. The maximum absolute atomic E-state index is 12.4. The van der Waals surface area contributed by atoms with Crippen molar-refractivity contribution in [3.63, 3.8) is 0 Å². The molecule has 29 heavy (non-hydrogen) atoms. The molecule has 0 bridgehead atoms. The Balaban J connectivity index is 1.39. The van der Waals surface area contributed by atoms with Crippen molar-refractivity contribution >= 4 is 27.5 Å². The lowest BCUT2D eigenvalue weighted by molar-refractivity contribution is -0.120. The monoisotopic (exact) mass is 438 g/mol. The Morgan fingerprint density at radius 1 is 1.31 bits per heavy atom. The van der Waals surface area contributed by atoms with E-state index in [2.05, 4.69) is 15.5 Å². The van der Waals surface area contributed by atoms with Gasteiger partial charge in [-0.15, -0.1) is 10.2 Å². The Bertz CT molecular complexity index is 1020. The van der Waals surface area contributed by atoms with E-state index in [1.807, 2.05) is 31.3 Å². The average molecular weight is 439 g/mol. The fourth-order valence-corrected chi connectivity index (χ4v) is 5.80. The highest BCUT2D eigenvalue weighted by atomic mass is 32.2. The Hall–Kier alpha value is -2.27. The number of hydrogen-bond acceptors (Lipinski definition) is 8. The quantitative estimate of drug-likeness (QED) is 0.691. The molecular formula is C18H22N4O5S2. The number of para-hydroxylation sites is 2. The van der Waals surface area contributed by atoms with Crippen LogP contribution in [-0.2, 0) is 21.7 Å². The van der Waals surface area contributed by atoms with Gasteiger partial charge in [0.2, 0.25) is 5.91 Å². The lowest BCUT2D eigenvalue weighted by atomic mass is 10.2. The predicted molar refractivity (Wildman–Crippen MR) is 107 cm³/mol. The highest BCUT2D eigenvalue weighted by molar-refractivity contribution is 8.00. The number of hydrogen-bond donors (Lipinski definition) is 1. The molecule has 1 amide bonds. The third kappa shape index (κ3) is 4.35. The van der Waals surface area contributed by atoms with Crippen molar-refractivity contribution in [1.82, 2.24) is 20.1 Å². The van der Waals surface area contributed by atoms with E-state index in [1.165, 1.54) is 11.8 Å². The van der Waals surface area contributed by atoms with Crippen molar-refractivity contribution in [2.24, 2.45) is 7.05 Å². The van der Waals surface area contributed by atoms with Crippen molar-refractivity contribution in [3.05, 3.63) is 30.1 Å². The molecule has 11 heteroatoms. The number of nitrogens with zero attached hydrogens (tertiary/aromatic N) is 3. The smallest absolute Gasteiger partial charge is 0.233 e. The average Bonchev–Trinajstić information content (AvgIpc) is 3.23. The van der Waals surface area contributed by atoms with Crippen LogP contribution < -0.4 is 14.8 Å². The van der Waals surface area contributed by atoms with E-state index in [0.717, 1.165) is 0 Å². The first-order chi connectivity index (χ1) is 13.8. The fraction of sp³-hybridized carbons (Fsp3) is 0.500. The summed E-state index contributed by atoms with van der Waals surface area (Å²) in [5, 5.41) is 11.4. The zero-order chi connectivity index (χ0) is 20.6. The van der Waals surface area contributed by atoms with E-state index in [9.17, 15) is 13.2 Å². The summed E-state index contributed by atoms with van der Waals surface area (Å²) >= 11 is 1.26. The third-order valence-electron chi connectivity index (χ3n) is 4.90. The van der Waals surface area contributed by atoms with Crippen molar-refractivity contribution in [2.75, 3.05) is 18.1 Å². The van der Waals surface area contributed by atoms with Gasteiger partial charge in [0.1, 0.15) is 6.61 Å². The SMILES string of the molecule is CC(Sc1nnc(C2COc3ccccc3O2)n1C)C(=O)NC1CCS(=O)(=O)C1. The normalized spacial score (nSPS) is 23.5. The molecule has 156 valence electrons. The van der Waals surface area contributed by atoms with Gasteiger partial charge in [-0.05, 0) is 25.5 Å². The number of aromatic nitrogens is 3. The molecule has 1 N–H and O–H groups in total. The molecule has 0 spiro atoms. The first-order valence-electron chi connectivity index (χ1n) is 9.27. The minimum atomic E-state index is -3.04. The summed E-state index contributed by atoms with van der Waals surface area (Å²) in [6.07, 6.45) is 0.0599. The summed E-state index contributed by atoms with van der Waals surface area (Å²) in [4.78, 5) is 12.4. The summed E-state index contributed by atoms with van der Waals surface area (Å²) in [5.41, 5.74) is 0. The minimum Gasteiger partial charge on any atom is -0.485 e. The van der Waals surface area contributed by atoms with Crippen molar-refractivity contribution < 1.29 is 22.7 Å². The number of benzene rings is 1. The molecule has 0 radical (unpaired) electrons. The van der Waals surface area contributed by atoms with Crippen LogP contribution in [0.5, 0.6) is 11.5 Å². The van der Waals surface area contributed by atoms with Gasteiger partial charge in [0.05, 0.1) is 16.8 Å². The van der Waals surface area contributed by atoms with E-state index < -0.39 is 21.2 Å². The second-order valence-electron chi connectivity index (χ2n) is 7.13. The van der Waals surface area contributed by atoms with Gasteiger partial charge < -0.3 is 19.4 Å². The van der Waals surface area contributed by atoms with Crippen LogP contribution in [0.25, 0.3) is 0 Å². The van der Waals surface area contributed by atoms with Crippen LogP contribution in [0.2, 0.25) is 0 Å². The number of ether oxygens (including phenoxy) is 2. The Morgan fingerprint density at radius 2 is 2.07 bits per heavy atom. The first kappa shape index (κ1) is 20.0. The van der Waals surface area contributed by atoms with E-state index in [-0.39, 0.29) is 23.5 Å². The third-order valence-corrected chi connectivity index (χ3v) is 7.80. The van der Waals surface area contributed by atoms with Crippen LogP contribution in [-0.4, -0.2) is 58.5 Å².